The first-order valence-corrected chi connectivity index (χ1v) is 4.87. The molecular weight excluding hydrogens is 136 g/mol. The van der Waals surface area contributed by atoms with Gasteiger partial charge in [-0.05, 0) is 31.6 Å². The van der Waals surface area contributed by atoms with E-state index in [9.17, 15) is 0 Å². The maximum atomic E-state index is 5.71. The van der Waals surface area contributed by atoms with Gasteiger partial charge in [0.25, 0.3) is 0 Å². The zero-order valence-electron chi connectivity index (χ0n) is 7.97. The summed E-state index contributed by atoms with van der Waals surface area (Å²) in [5.74, 6) is 1.56. The van der Waals surface area contributed by atoms with E-state index in [1.807, 2.05) is 0 Å². The molecule has 0 bridgehead atoms. The molecular formula is C10H20O. The monoisotopic (exact) mass is 156 g/mol. The van der Waals surface area contributed by atoms with Crippen LogP contribution in [-0.4, -0.2) is 12.7 Å². The maximum Gasteiger partial charge on any atom is 0.0625 e. The summed E-state index contributed by atoms with van der Waals surface area (Å²) in [5, 5.41) is 0. The Morgan fingerprint density at radius 3 is 2.27 bits per heavy atom. The molecule has 0 N–H and O–H groups in total. The Bertz CT molecular complexity index is 105. The van der Waals surface area contributed by atoms with Crippen LogP contribution in [0.2, 0.25) is 0 Å². The zero-order chi connectivity index (χ0) is 8.27. The molecule has 0 radical (unpaired) electrons. The van der Waals surface area contributed by atoms with Crippen molar-refractivity contribution >= 4 is 0 Å². The molecule has 1 aliphatic rings. The van der Waals surface area contributed by atoms with E-state index in [0.29, 0.717) is 12.0 Å². The molecule has 0 spiro atoms. The van der Waals surface area contributed by atoms with Crippen LogP contribution >= 0.6 is 0 Å². The van der Waals surface area contributed by atoms with Crippen molar-refractivity contribution in [1.29, 1.82) is 0 Å². The maximum absolute atomic E-state index is 5.71. The Labute approximate surface area is 70.1 Å². The SMILES string of the molecule is CCO[C@@H](C(C)C)C1CCC1. The van der Waals surface area contributed by atoms with Crippen molar-refractivity contribution in [2.24, 2.45) is 11.8 Å². The summed E-state index contributed by atoms with van der Waals surface area (Å²) in [6.07, 6.45) is 4.74. The van der Waals surface area contributed by atoms with Crippen LogP contribution in [0.3, 0.4) is 0 Å². The second kappa shape index (κ2) is 4.10. The zero-order valence-corrected chi connectivity index (χ0v) is 7.97. The highest BCUT2D eigenvalue weighted by Gasteiger charge is 2.29. The molecule has 0 aromatic carbocycles. The molecule has 1 aliphatic carbocycles. The Balaban J connectivity index is 2.31. The van der Waals surface area contributed by atoms with Crippen LogP contribution in [-0.2, 0) is 4.74 Å². The molecule has 0 amide bonds. The first kappa shape index (κ1) is 9.05. The van der Waals surface area contributed by atoms with E-state index in [4.69, 9.17) is 4.74 Å². The lowest BCUT2D eigenvalue weighted by Gasteiger charge is -2.35. The van der Waals surface area contributed by atoms with Crippen molar-refractivity contribution in [3.05, 3.63) is 0 Å². The van der Waals surface area contributed by atoms with E-state index in [-0.39, 0.29) is 0 Å². The minimum absolute atomic E-state index is 0.536. The largest absolute Gasteiger partial charge is 0.378 e. The third-order valence-electron chi connectivity index (χ3n) is 2.63. The molecule has 11 heavy (non-hydrogen) atoms. The van der Waals surface area contributed by atoms with E-state index >= 15 is 0 Å². The van der Waals surface area contributed by atoms with Gasteiger partial charge in [0.15, 0.2) is 0 Å². The van der Waals surface area contributed by atoms with Crippen LogP contribution in [0.1, 0.15) is 40.0 Å². The molecule has 1 heteroatoms. The first-order valence-electron chi connectivity index (χ1n) is 4.87. The minimum Gasteiger partial charge on any atom is -0.378 e. The summed E-state index contributed by atoms with van der Waals surface area (Å²) in [7, 11) is 0. The van der Waals surface area contributed by atoms with E-state index in [1.165, 1.54) is 19.3 Å². The molecule has 0 saturated heterocycles. The van der Waals surface area contributed by atoms with Gasteiger partial charge in [0.1, 0.15) is 0 Å². The van der Waals surface area contributed by atoms with Gasteiger partial charge >= 0.3 is 0 Å². The van der Waals surface area contributed by atoms with Crippen molar-refractivity contribution in [3.63, 3.8) is 0 Å². The third-order valence-corrected chi connectivity index (χ3v) is 2.63. The molecule has 0 unspecified atom stereocenters. The number of hydrogen-bond acceptors (Lipinski definition) is 1. The molecule has 1 fully saturated rings. The third kappa shape index (κ3) is 2.19. The van der Waals surface area contributed by atoms with Gasteiger partial charge in [-0.1, -0.05) is 20.3 Å². The summed E-state index contributed by atoms with van der Waals surface area (Å²) in [4.78, 5) is 0. The van der Waals surface area contributed by atoms with E-state index in [0.717, 1.165) is 12.5 Å². The van der Waals surface area contributed by atoms with E-state index in [2.05, 4.69) is 20.8 Å². The molecule has 0 aliphatic heterocycles. The fourth-order valence-corrected chi connectivity index (χ4v) is 1.83. The molecule has 1 nitrogen and oxygen atoms in total. The quantitative estimate of drug-likeness (QED) is 0.608. The standard InChI is InChI=1S/C10H20O/c1-4-11-10(8(2)3)9-6-5-7-9/h8-10H,4-7H2,1-3H3/t10-/m0/s1. The fourth-order valence-electron chi connectivity index (χ4n) is 1.83. The van der Waals surface area contributed by atoms with Crippen LogP contribution in [0.15, 0.2) is 0 Å². The lowest BCUT2D eigenvalue weighted by Crippen LogP contribution is -2.33. The predicted octanol–water partition coefficient (Wildman–Crippen LogP) is 2.85. The van der Waals surface area contributed by atoms with Crippen LogP contribution in [0.4, 0.5) is 0 Å². The summed E-state index contributed by atoms with van der Waals surface area (Å²) < 4.78 is 5.71. The number of hydrogen-bond donors (Lipinski definition) is 0. The lowest BCUT2D eigenvalue weighted by atomic mass is 9.77. The number of ether oxygens (including phenoxy) is 1. The normalized spacial score (nSPS) is 21.8. The van der Waals surface area contributed by atoms with Crippen molar-refractivity contribution in [1.82, 2.24) is 0 Å². The smallest absolute Gasteiger partial charge is 0.0625 e. The molecule has 0 aromatic rings. The Morgan fingerprint density at radius 2 is 2.00 bits per heavy atom. The average Bonchev–Trinajstić information content (AvgIpc) is 1.82. The van der Waals surface area contributed by atoms with E-state index < -0.39 is 0 Å². The van der Waals surface area contributed by atoms with Crippen LogP contribution in [0.5, 0.6) is 0 Å². The Kier molecular flexibility index (Phi) is 3.38. The minimum atomic E-state index is 0.536. The topological polar surface area (TPSA) is 9.23 Å². The highest BCUT2D eigenvalue weighted by molar-refractivity contribution is 4.80. The van der Waals surface area contributed by atoms with Crippen molar-refractivity contribution < 1.29 is 4.74 Å². The molecule has 1 rings (SSSR count). The molecule has 0 heterocycles. The van der Waals surface area contributed by atoms with E-state index in [1.54, 1.807) is 0 Å². The molecule has 66 valence electrons. The van der Waals surface area contributed by atoms with Gasteiger partial charge in [0, 0.05) is 6.61 Å². The highest BCUT2D eigenvalue weighted by atomic mass is 16.5. The van der Waals surface area contributed by atoms with Gasteiger partial charge in [-0.3, -0.25) is 0 Å². The summed E-state index contributed by atoms with van der Waals surface area (Å²) in [6, 6.07) is 0. The summed E-state index contributed by atoms with van der Waals surface area (Å²) >= 11 is 0. The van der Waals surface area contributed by atoms with Gasteiger partial charge in [0.05, 0.1) is 6.10 Å². The van der Waals surface area contributed by atoms with Gasteiger partial charge in [-0.15, -0.1) is 0 Å². The van der Waals surface area contributed by atoms with Gasteiger partial charge in [0.2, 0.25) is 0 Å². The Hall–Kier alpha value is -0.0400. The van der Waals surface area contributed by atoms with Crippen molar-refractivity contribution in [3.8, 4) is 0 Å². The van der Waals surface area contributed by atoms with Crippen LogP contribution < -0.4 is 0 Å². The second-order valence-corrected chi connectivity index (χ2v) is 3.85. The van der Waals surface area contributed by atoms with Gasteiger partial charge in [-0.25, -0.2) is 0 Å². The Morgan fingerprint density at radius 1 is 1.36 bits per heavy atom. The van der Waals surface area contributed by atoms with Crippen LogP contribution in [0, 0.1) is 11.8 Å². The van der Waals surface area contributed by atoms with Crippen molar-refractivity contribution in [2.75, 3.05) is 6.61 Å². The first-order chi connectivity index (χ1) is 5.25. The molecule has 1 saturated carbocycles. The summed E-state index contributed by atoms with van der Waals surface area (Å²) in [6.45, 7) is 7.49. The second-order valence-electron chi connectivity index (χ2n) is 3.85. The average molecular weight is 156 g/mol. The van der Waals surface area contributed by atoms with Gasteiger partial charge < -0.3 is 4.74 Å². The van der Waals surface area contributed by atoms with Crippen LogP contribution in [0.25, 0.3) is 0 Å². The molecule has 0 aromatic heterocycles. The van der Waals surface area contributed by atoms with Gasteiger partial charge in [-0.2, -0.15) is 0 Å². The highest BCUT2D eigenvalue weighted by Crippen LogP contribution is 2.34. The van der Waals surface area contributed by atoms with Crippen molar-refractivity contribution in [2.45, 2.75) is 46.1 Å². The number of rotatable bonds is 4. The summed E-state index contributed by atoms with van der Waals surface area (Å²) in [5.41, 5.74) is 0. The predicted molar refractivity (Wildman–Crippen MR) is 47.6 cm³/mol. The molecule has 1 atom stereocenters. The fraction of sp³-hybridized carbons (Fsp3) is 1.00. The lowest BCUT2D eigenvalue weighted by molar-refractivity contribution is -0.0355.